The van der Waals surface area contributed by atoms with Crippen LogP contribution in [0.25, 0.3) is 10.3 Å². The average Bonchev–Trinajstić information content (AvgIpc) is 3.23. The molecule has 3 heterocycles. The van der Waals surface area contributed by atoms with Crippen LogP contribution in [0, 0.1) is 0 Å². The van der Waals surface area contributed by atoms with E-state index in [0.29, 0.717) is 15.5 Å². The van der Waals surface area contributed by atoms with Crippen molar-refractivity contribution in [2.24, 2.45) is 0 Å². The van der Waals surface area contributed by atoms with Crippen LogP contribution >= 0.6 is 23.1 Å². The second-order valence-electron chi connectivity index (χ2n) is 8.25. The molecule has 1 saturated heterocycles. The van der Waals surface area contributed by atoms with Crippen molar-refractivity contribution >= 4 is 50.2 Å². The summed E-state index contributed by atoms with van der Waals surface area (Å²) in [6, 6.07) is 7.78. The Morgan fingerprint density at radius 1 is 1.22 bits per heavy atom. The van der Waals surface area contributed by atoms with Crippen LogP contribution in [-0.4, -0.2) is 39.3 Å². The van der Waals surface area contributed by atoms with Gasteiger partial charge in [0.1, 0.15) is 4.70 Å². The molecule has 4 rings (SSSR count). The first-order valence-corrected chi connectivity index (χ1v) is 13.0. The van der Waals surface area contributed by atoms with E-state index in [1.807, 2.05) is 38.1 Å². The van der Waals surface area contributed by atoms with Crippen LogP contribution in [0.5, 0.6) is 0 Å². The van der Waals surface area contributed by atoms with E-state index >= 15 is 0 Å². The molecular weight excluding hydrogens is 442 g/mol. The van der Waals surface area contributed by atoms with Crippen LogP contribution in [0.15, 0.2) is 34.2 Å². The first-order valence-electron chi connectivity index (χ1n) is 11.2. The Hall–Kier alpha value is -2.39. The summed E-state index contributed by atoms with van der Waals surface area (Å²) in [5.74, 6) is 0.0459. The van der Waals surface area contributed by atoms with Crippen LogP contribution < -0.4 is 15.8 Å². The van der Waals surface area contributed by atoms with Gasteiger partial charge in [0.2, 0.25) is 5.91 Å². The summed E-state index contributed by atoms with van der Waals surface area (Å²) < 4.78 is 2.26. The number of piperidine rings is 1. The highest BCUT2D eigenvalue weighted by Crippen LogP contribution is 2.30. The van der Waals surface area contributed by atoms with Crippen molar-refractivity contribution in [1.82, 2.24) is 14.5 Å². The fourth-order valence-electron chi connectivity index (χ4n) is 3.83. The van der Waals surface area contributed by atoms with E-state index in [-0.39, 0.29) is 23.3 Å². The van der Waals surface area contributed by atoms with E-state index in [4.69, 9.17) is 4.98 Å². The van der Waals surface area contributed by atoms with E-state index in [1.54, 1.807) is 4.57 Å². The number of nitrogens with zero attached hydrogens (tertiary/aromatic N) is 4. The van der Waals surface area contributed by atoms with Gasteiger partial charge in [-0.25, -0.2) is 4.98 Å². The molecule has 9 heteroatoms. The molecule has 2 aromatic heterocycles. The molecule has 0 saturated carbocycles. The molecule has 0 aliphatic carbocycles. The van der Waals surface area contributed by atoms with Gasteiger partial charge in [-0.05, 0) is 57.2 Å². The zero-order valence-corrected chi connectivity index (χ0v) is 20.4. The van der Waals surface area contributed by atoms with Crippen molar-refractivity contribution in [3.05, 3.63) is 40.2 Å². The standard InChI is InChI=1S/C23H29N5O2S2/c1-4-16-9-8-10-17(13-16)24-18(29)14-31-23-26-20-19(21(30)28(23)15(2)3)32-22(25-20)27-11-6-5-7-12-27/h8-10,13,15H,4-7,11-12,14H2,1-3H3,(H,24,29). The van der Waals surface area contributed by atoms with Crippen LogP contribution in [0.4, 0.5) is 10.8 Å². The molecule has 32 heavy (non-hydrogen) atoms. The number of aromatic nitrogens is 3. The van der Waals surface area contributed by atoms with Gasteiger partial charge >= 0.3 is 0 Å². The molecule has 170 valence electrons. The van der Waals surface area contributed by atoms with Crippen molar-refractivity contribution in [1.29, 1.82) is 0 Å². The maximum atomic E-state index is 13.3. The lowest BCUT2D eigenvalue weighted by Gasteiger charge is -2.25. The molecule has 0 bridgehead atoms. The van der Waals surface area contributed by atoms with Gasteiger partial charge in [0.15, 0.2) is 15.9 Å². The summed E-state index contributed by atoms with van der Waals surface area (Å²) in [5, 5.41) is 4.34. The number of amides is 1. The fourth-order valence-corrected chi connectivity index (χ4v) is 5.74. The largest absolute Gasteiger partial charge is 0.348 e. The minimum atomic E-state index is -0.125. The van der Waals surface area contributed by atoms with Crippen LogP contribution in [-0.2, 0) is 11.2 Å². The molecule has 3 aromatic rings. The second kappa shape index (κ2) is 10.0. The molecule has 0 spiro atoms. The number of aryl methyl sites for hydroxylation is 1. The molecule has 0 atom stereocenters. The molecule has 1 amide bonds. The van der Waals surface area contributed by atoms with Crippen molar-refractivity contribution in [2.75, 3.05) is 29.1 Å². The number of anilines is 2. The maximum Gasteiger partial charge on any atom is 0.274 e. The topological polar surface area (TPSA) is 80.1 Å². The zero-order valence-electron chi connectivity index (χ0n) is 18.8. The number of nitrogens with one attached hydrogen (secondary N) is 1. The number of carbonyl (C=O) groups excluding carboxylic acids is 1. The Morgan fingerprint density at radius 2 is 2.00 bits per heavy atom. The minimum Gasteiger partial charge on any atom is -0.348 e. The molecule has 1 aliphatic heterocycles. The first kappa shape index (κ1) is 22.8. The highest BCUT2D eigenvalue weighted by atomic mass is 32.2. The van der Waals surface area contributed by atoms with Gasteiger partial charge in [0.05, 0.1) is 5.75 Å². The predicted octanol–water partition coefficient (Wildman–Crippen LogP) is 4.72. The van der Waals surface area contributed by atoms with Crippen molar-refractivity contribution in [2.45, 2.75) is 57.7 Å². The average molecular weight is 472 g/mol. The van der Waals surface area contributed by atoms with E-state index in [9.17, 15) is 9.59 Å². The summed E-state index contributed by atoms with van der Waals surface area (Å²) in [5.41, 5.74) is 2.36. The van der Waals surface area contributed by atoms with Gasteiger partial charge < -0.3 is 10.2 Å². The summed E-state index contributed by atoms with van der Waals surface area (Å²) in [6.45, 7) is 7.95. The highest BCUT2D eigenvalue weighted by molar-refractivity contribution is 7.99. The lowest BCUT2D eigenvalue weighted by molar-refractivity contribution is -0.113. The van der Waals surface area contributed by atoms with E-state index in [2.05, 4.69) is 22.1 Å². The molecule has 0 unspecified atom stereocenters. The van der Waals surface area contributed by atoms with Gasteiger partial charge in [-0.3, -0.25) is 14.2 Å². The summed E-state index contributed by atoms with van der Waals surface area (Å²) >= 11 is 2.71. The van der Waals surface area contributed by atoms with E-state index in [1.165, 1.54) is 35.1 Å². The Bertz CT molecular complexity index is 1160. The van der Waals surface area contributed by atoms with Gasteiger partial charge in [-0.2, -0.15) is 4.98 Å². The number of hydrogen-bond donors (Lipinski definition) is 1. The van der Waals surface area contributed by atoms with Gasteiger partial charge in [-0.1, -0.05) is 42.2 Å². The lowest BCUT2D eigenvalue weighted by Crippen LogP contribution is -2.29. The number of thiazole rings is 1. The molecule has 7 nitrogen and oxygen atoms in total. The quantitative estimate of drug-likeness (QED) is 0.397. The Balaban J connectivity index is 1.56. The SMILES string of the molecule is CCc1cccc(NC(=O)CSc2nc3nc(N4CCCCC4)sc3c(=O)n2C(C)C)c1. The Labute approximate surface area is 196 Å². The first-order chi connectivity index (χ1) is 15.5. The number of hydrogen-bond acceptors (Lipinski definition) is 7. The van der Waals surface area contributed by atoms with Gasteiger partial charge in [0, 0.05) is 24.8 Å². The third-order valence-corrected chi connectivity index (χ3v) is 7.56. The van der Waals surface area contributed by atoms with Crippen molar-refractivity contribution in [3.63, 3.8) is 0 Å². The normalized spacial score (nSPS) is 14.3. The third kappa shape index (κ3) is 4.99. The highest BCUT2D eigenvalue weighted by Gasteiger charge is 2.21. The number of fused-ring (bicyclic) bond motifs is 1. The number of benzene rings is 1. The summed E-state index contributed by atoms with van der Waals surface area (Å²) in [7, 11) is 0. The molecule has 1 aromatic carbocycles. The molecule has 0 radical (unpaired) electrons. The second-order valence-corrected chi connectivity index (χ2v) is 10.2. The molecule has 1 aliphatic rings. The fraction of sp³-hybridized carbons (Fsp3) is 0.478. The van der Waals surface area contributed by atoms with Crippen LogP contribution in [0.3, 0.4) is 0 Å². The van der Waals surface area contributed by atoms with E-state index in [0.717, 1.165) is 43.2 Å². The number of thioether (sulfide) groups is 1. The monoisotopic (exact) mass is 471 g/mol. The number of carbonyl (C=O) groups is 1. The third-order valence-electron chi connectivity index (χ3n) is 5.51. The smallest absolute Gasteiger partial charge is 0.274 e. The number of rotatable bonds is 7. The summed E-state index contributed by atoms with van der Waals surface area (Å²) in [6.07, 6.45) is 4.45. The summed E-state index contributed by atoms with van der Waals surface area (Å²) in [4.78, 5) is 37.4. The van der Waals surface area contributed by atoms with E-state index < -0.39 is 0 Å². The Kier molecular flexibility index (Phi) is 7.15. The molecular formula is C23H29N5O2S2. The Morgan fingerprint density at radius 3 is 2.72 bits per heavy atom. The van der Waals surface area contributed by atoms with Gasteiger partial charge in [-0.15, -0.1) is 0 Å². The minimum absolute atomic E-state index is 0.0632. The molecule has 1 fully saturated rings. The van der Waals surface area contributed by atoms with Crippen LogP contribution in [0.1, 0.15) is 51.6 Å². The van der Waals surface area contributed by atoms with Crippen molar-refractivity contribution < 1.29 is 4.79 Å². The maximum absolute atomic E-state index is 13.3. The van der Waals surface area contributed by atoms with Crippen LogP contribution in [0.2, 0.25) is 0 Å². The lowest BCUT2D eigenvalue weighted by atomic mass is 10.1. The molecule has 1 N–H and O–H groups in total. The van der Waals surface area contributed by atoms with Crippen molar-refractivity contribution in [3.8, 4) is 0 Å². The van der Waals surface area contributed by atoms with Gasteiger partial charge in [0.25, 0.3) is 5.56 Å². The predicted molar refractivity (Wildman–Crippen MR) is 133 cm³/mol. The zero-order chi connectivity index (χ0) is 22.7.